The fraction of sp³-hybridized carbons (Fsp3) is 0.136. The number of carbonyl (C=O) groups excluding carboxylic acids is 1. The van der Waals surface area contributed by atoms with Crippen molar-refractivity contribution in [1.29, 1.82) is 0 Å². The molecule has 0 amide bonds. The van der Waals surface area contributed by atoms with Crippen molar-refractivity contribution in [2.75, 3.05) is 16.6 Å². The van der Waals surface area contributed by atoms with Crippen molar-refractivity contribution < 1.29 is 22.7 Å². The molecule has 2 N–H and O–H groups in total. The molecule has 32 heavy (non-hydrogen) atoms. The fourth-order valence-corrected chi connectivity index (χ4v) is 3.99. The Labute approximate surface area is 185 Å². The van der Waals surface area contributed by atoms with Gasteiger partial charge in [-0.05, 0) is 49.4 Å². The highest BCUT2D eigenvalue weighted by Gasteiger charge is 2.32. The molecule has 2 heterocycles. The number of para-hydroxylation sites is 1. The maximum Gasteiger partial charge on any atom is 0.264 e. The van der Waals surface area contributed by atoms with Crippen molar-refractivity contribution in [3.63, 3.8) is 0 Å². The first-order chi connectivity index (χ1) is 15.5. The largest absolute Gasteiger partial charge is 0.460 e. The highest BCUT2D eigenvalue weighted by Crippen LogP contribution is 2.31. The molecule has 0 bridgehead atoms. The molecule has 0 radical (unpaired) electrons. The number of ketones is 1. The van der Waals surface area contributed by atoms with Crippen molar-refractivity contribution in [1.82, 2.24) is 9.97 Å². The average Bonchev–Trinajstić information content (AvgIpc) is 2.80. The number of Topliss-reactive ketones (excluding diaryl/α,β-unsaturated/α-hetero) is 1. The van der Waals surface area contributed by atoms with Crippen LogP contribution in [0.4, 0.5) is 11.6 Å². The fourth-order valence-electron chi connectivity index (χ4n) is 3.03. The zero-order chi connectivity index (χ0) is 22.6. The first kappa shape index (κ1) is 21.5. The summed E-state index contributed by atoms with van der Waals surface area (Å²) in [6.45, 7) is 2.18. The summed E-state index contributed by atoms with van der Waals surface area (Å²) in [4.78, 5) is 20.7. The smallest absolute Gasteiger partial charge is 0.264 e. The number of carbonyl (C=O) groups is 1. The predicted molar refractivity (Wildman–Crippen MR) is 118 cm³/mol. The van der Waals surface area contributed by atoms with Crippen LogP contribution in [0.5, 0.6) is 5.75 Å². The topological polar surface area (TPSA) is 120 Å². The summed E-state index contributed by atoms with van der Waals surface area (Å²) in [6, 6.07) is 14.6. The number of sulfonamides is 1. The van der Waals surface area contributed by atoms with E-state index in [0.29, 0.717) is 29.2 Å². The van der Waals surface area contributed by atoms with E-state index in [9.17, 15) is 13.2 Å². The molecular weight excluding hydrogens is 432 g/mol. The second-order valence-corrected chi connectivity index (χ2v) is 8.36. The van der Waals surface area contributed by atoms with E-state index in [1.54, 1.807) is 42.5 Å². The van der Waals surface area contributed by atoms with E-state index in [0.717, 1.165) is 0 Å². The minimum absolute atomic E-state index is 0.0162. The Kier molecular flexibility index (Phi) is 6.15. The number of anilines is 2. The van der Waals surface area contributed by atoms with Crippen LogP contribution in [-0.4, -0.2) is 37.1 Å². The molecule has 0 aliphatic carbocycles. The molecule has 1 atom stereocenters. The van der Waals surface area contributed by atoms with Crippen LogP contribution in [0.2, 0.25) is 0 Å². The van der Waals surface area contributed by atoms with Gasteiger partial charge in [0.2, 0.25) is 12.2 Å². The van der Waals surface area contributed by atoms with Gasteiger partial charge in [-0.1, -0.05) is 12.1 Å². The Bertz CT molecular complexity index is 1240. The zero-order valence-electron chi connectivity index (χ0n) is 17.1. The SMILES string of the molecule is CCOC1Oc2ccccc2C(=O)/C1=C/Nc1ccc(S(=O)(=O)Nc2ncccn2)cc1. The standard InChI is InChI=1S/C22H20N4O5S/c1-2-30-21-18(20(27)17-6-3-4-7-19(17)31-21)14-25-15-8-10-16(11-9-15)32(28,29)26-22-23-12-5-13-24-22/h3-14,21,25H,2H2,1H3,(H,23,24,26)/b18-14-. The number of nitrogens with zero attached hydrogens (tertiary/aromatic N) is 2. The monoisotopic (exact) mass is 452 g/mol. The van der Waals surface area contributed by atoms with Crippen molar-refractivity contribution in [3.05, 3.63) is 84.3 Å². The number of benzene rings is 2. The molecule has 1 unspecified atom stereocenters. The van der Waals surface area contributed by atoms with Crippen LogP contribution in [0.15, 0.2) is 83.7 Å². The van der Waals surface area contributed by atoms with Crippen LogP contribution in [0.3, 0.4) is 0 Å². The minimum atomic E-state index is -3.84. The summed E-state index contributed by atoms with van der Waals surface area (Å²) in [5.41, 5.74) is 1.34. The molecule has 2 aromatic carbocycles. The third-order valence-electron chi connectivity index (χ3n) is 4.55. The molecule has 1 aliphatic rings. The maximum atomic E-state index is 12.9. The lowest BCUT2D eigenvalue weighted by molar-refractivity contribution is -0.0509. The second kappa shape index (κ2) is 9.16. The van der Waals surface area contributed by atoms with Gasteiger partial charge in [0, 0.05) is 30.9 Å². The summed E-state index contributed by atoms with van der Waals surface area (Å²) in [5, 5.41) is 3.01. The first-order valence-electron chi connectivity index (χ1n) is 9.76. The van der Waals surface area contributed by atoms with Crippen LogP contribution in [0.1, 0.15) is 17.3 Å². The van der Waals surface area contributed by atoms with Gasteiger partial charge in [0.1, 0.15) is 5.75 Å². The van der Waals surface area contributed by atoms with E-state index < -0.39 is 16.3 Å². The molecule has 164 valence electrons. The van der Waals surface area contributed by atoms with E-state index in [2.05, 4.69) is 20.0 Å². The Morgan fingerprint density at radius 1 is 1.06 bits per heavy atom. The molecule has 1 aromatic heterocycles. The number of aromatic nitrogens is 2. The number of hydrogen-bond acceptors (Lipinski definition) is 8. The number of rotatable bonds is 7. The Balaban J connectivity index is 1.52. The molecule has 10 heteroatoms. The van der Waals surface area contributed by atoms with Gasteiger partial charge in [0.05, 0.1) is 16.0 Å². The molecule has 0 spiro atoms. The Hall–Kier alpha value is -3.76. The van der Waals surface area contributed by atoms with E-state index in [1.807, 2.05) is 6.92 Å². The van der Waals surface area contributed by atoms with E-state index in [4.69, 9.17) is 9.47 Å². The van der Waals surface area contributed by atoms with Gasteiger partial charge in [0.25, 0.3) is 10.0 Å². The van der Waals surface area contributed by atoms with E-state index >= 15 is 0 Å². The Morgan fingerprint density at radius 3 is 2.50 bits per heavy atom. The predicted octanol–water partition coefficient (Wildman–Crippen LogP) is 3.21. The molecule has 0 saturated carbocycles. The summed E-state index contributed by atoms with van der Waals surface area (Å²) in [7, 11) is -3.84. The van der Waals surface area contributed by atoms with Crippen LogP contribution in [0.25, 0.3) is 0 Å². The van der Waals surface area contributed by atoms with Crippen molar-refractivity contribution in [2.45, 2.75) is 18.1 Å². The quantitative estimate of drug-likeness (QED) is 0.525. The molecule has 1 aliphatic heterocycles. The highest BCUT2D eigenvalue weighted by atomic mass is 32.2. The molecule has 4 rings (SSSR count). The molecular formula is C22H20N4O5S. The van der Waals surface area contributed by atoms with Gasteiger partial charge in [-0.25, -0.2) is 23.1 Å². The summed E-state index contributed by atoms with van der Waals surface area (Å²) < 4.78 is 38.7. The number of nitrogens with one attached hydrogen (secondary N) is 2. The zero-order valence-corrected chi connectivity index (χ0v) is 17.9. The van der Waals surface area contributed by atoms with E-state index in [1.165, 1.54) is 30.7 Å². The number of hydrogen-bond donors (Lipinski definition) is 2. The van der Waals surface area contributed by atoms with Crippen molar-refractivity contribution in [2.24, 2.45) is 0 Å². The molecule has 0 saturated heterocycles. The highest BCUT2D eigenvalue weighted by molar-refractivity contribution is 7.92. The second-order valence-electron chi connectivity index (χ2n) is 6.68. The van der Waals surface area contributed by atoms with Gasteiger partial charge in [-0.2, -0.15) is 0 Å². The van der Waals surface area contributed by atoms with Crippen LogP contribution in [0, 0.1) is 0 Å². The van der Waals surface area contributed by atoms with Gasteiger partial charge >= 0.3 is 0 Å². The van der Waals surface area contributed by atoms with Gasteiger partial charge in [-0.15, -0.1) is 0 Å². The summed E-state index contributed by atoms with van der Waals surface area (Å²) >= 11 is 0. The van der Waals surface area contributed by atoms with Crippen LogP contribution in [-0.2, 0) is 14.8 Å². The third-order valence-corrected chi connectivity index (χ3v) is 5.89. The lowest BCUT2D eigenvalue weighted by Gasteiger charge is -2.27. The van der Waals surface area contributed by atoms with Gasteiger partial charge in [-0.3, -0.25) is 4.79 Å². The van der Waals surface area contributed by atoms with Gasteiger partial charge < -0.3 is 14.8 Å². The van der Waals surface area contributed by atoms with Crippen LogP contribution < -0.4 is 14.8 Å². The minimum Gasteiger partial charge on any atom is -0.460 e. The first-order valence-corrected chi connectivity index (χ1v) is 11.2. The molecule has 0 fully saturated rings. The van der Waals surface area contributed by atoms with E-state index in [-0.39, 0.29) is 16.6 Å². The summed E-state index contributed by atoms with van der Waals surface area (Å²) in [5.74, 6) is 0.249. The number of ether oxygens (including phenoxy) is 2. The van der Waals surface area contributed by atoms with Crippen molar-refractivity contribution >= 4 is 27.4 Å². The Morgan fingerprint density at radius 2 is 1.78 bits per heavy atom. The summed E-state index contributed by atoms with van der Waals surface area (Å²) in [6.07, 6.45) is 3.55. The van der Waals surface area contributed by atoms with Gasteiger partial charge in [0.15, 0.2) is 5.78 Å². The lowest BCUT2D eigenvalue weighted by Crippen LogP contribution is -2.33. The average molecular weight is 452 g/mol. The lowest BCUT2D eigenvalue weighted by atomic mass is 10.00. The number of fused-ring (bicyclic) bond motifs is 1. The third kappa shape index (κ3) is 4.61. The molecule has 9 nitrogen and oxygen atoms in total. The maximum absolute atomic E-state index is 12.9. The van der Waals surface area contributed by atoms with Crippen molar-refractivity contribution in [3.8, 4) is 5.75 Å². The normalized spacial score (nSPS) is 16.8. The van der Waals surface area contributed by atoms with Crippen LogP contribution >= 0.6 is 0 Å². The molecule has 3 aromatic rings.